The van der Waals surface area contributed by atoms with Crippen molar-refractivity contribution in [3.8, 4) is 0 Å². The first-order valence-electron chi connectivity index (χ1n) is 10.1. The van der Waals surface area contributed by atoms with Crippen LogP contribution in [-0.2, 0) is 24.2 Å². The molecule has 0 aliphatic carbocycles. The number of benzene rings is 2. The first-order chi connectivity index (χ1) is 13.7. The van der Waals surface area contributed by atoms with Crippen LogP contribution in [0.5, 0.6) is 0 Å². The number of guanidine groups is 1. The first-order valence-corrected chi connectivity index (χ1v) is 10.1. The van der Waals surface area contributed by atoms with Gasteiger partial charge in [-0.1, -0.05) is 54.1 Å². The predicted octanol–water partition coefficient (Wildman–Crippen LogP) is 3.35. The standard InChI is InChI=1S/C23H32N4O.HI/c1-19-6-5-7-20(16-19)10-11-25-23(24-2)26-17-21-8-3-4-9-22(21)18-27-12-14-28-15-13-27;/h3-9,16H,10-15,17-18H2,1-2H3,(H2,24,25,26);1H. The van der Waals surface area contributed by atoms with Crippen molar-refractivity contribution >= 4 is 29.9 Å². The Morgan fingerprint density at radius 3 is 2.52 bits per heavy atom. The molecule has 1 saturated heterocycles. The topological polar surface area (TPSA) is 48.9 Å². The quantitative estimate of drug-likeness (QED) is 0.342. The van der Waals surface area contributed by atoms with Crippen LogP contribution in [-0.4, -0.2) is 50.8 Å². The van der Waals surface area contributed by atoms with Gasteiger partial charge >= 0.3 is 0 Å². The van der Waals surface area contributed by atoms with E-state index in [1.54, 1.807) is 0 Å². The van der Waals surface area contributed by atoms with Crippen LogP contribution >= 0.6 is 24.0 Å². The van der Waals surface area contributed by atoms with Gasteiger partial charge in [-0.05, 0) is 30.0 Å². The zero-order valence-corrected chi connectivity index (χ0v) is 19.8. The molecule has 0 bridgehead atoms. The maximum absolute atomic E-state index is 5.46. The van der Waals surface area contributed by atoms with Crippen LogP contribution in [0.25, 0.3) is 0 Å². The van der Waals surface area contributed by atoms with Crippen LogP contribution in [0, 0.1) is 6.92 Å². The molecular formula is C23H33IN4O. The third kappa shape index (κ3) is 7.95. The number of aryl methyl sites for hydroxylation is 1. The van der Waals surface area contributed by atoms with E-state index in [0.717, 1.165) is 58.3 Å². The molecule has 2 N–H and O–H groups in total. The van der Waals surface area contributed by atoms with Crippen molar-refractivity contribution in [1.29, 1.82) is 0 Å². The lowest BCUT2D eigenvalue weighted by molar-refractivity contribution is 0.0341. The molecule has 2 aromatic rings. The molecule has 0 saturated carbocycles. The van der Waals surface area contributed by atoms with Gasteiger partial charge in [0.05, 0.1) is 13.2 Å². The normalized spacial score (nSPS) is 14.9. The number of rotatable bonds is 7. The summed E-state index contributed by atoms with van der Waals surface area (Å²) in [7, 11) is 1.82. The Labute approximate surface area is 192 Å². The van der Waals surface area contributed by atoms with Gasteiger partial charge in [0.25, 0.3) is 0 Å². The molecule has 2 aromatic carbocycles. The highest BCUT2D eigenvalue weighted by molar-refractivity contribution is 14.0. The van der Waals surface area contributed by atoms with E-state index in [2.05, 4.69) is 76.0 Å². The largest absolute Gasteiger partial charge is 0.379 e. The zero-order chi connectivity index (χ0) is 19.6. The van der Waals surface area contributed by atoms with Crippen molar-refractivity contribution in [2.75, 3.05) is 39.9 Å². The molecule has 0 atom stereocenters. The lowest BCUT2D eigenvalue weighted by atomic mass is 10.1. The predicted molar refractivity (Wildman–Crippen MR) is 131 cm³/mol. The molecule has 1 fully saturated rings. The number of nitrogens with zero attached hydrogens (tertiary/aromatic N) is 2. The Kier molecular flexibility index (Phi) is 10.5. The molecule has 0 radical (unpaired) electrons. The summed E-state index contributed by atoms with van der Waals surface area (Å²) in [5.74, 6) is 0.842. The fraction of sp³-hybridized carbons (Fsp3) is 0.435. The van der Waals surface area contributed by atoms with Gasteiger partial charge in [-0.15, -0.1) is 24.0 Å². The van der Waals surface area contributed by atoms with Gasteiger partial charge in [0, 0.05) is 39.8 Å². The van der Waals surface area contributed by atoms with Crippen molar-refractivity contribution in [2.24, 2.45) is 4.99 Å². The number of aliphatic imine (C=N–C) groups is 1. The number of hydrogen-bond acceptors (Lipinski definition) is 3. The lowest BCUT2D eigenvalue weighted by Crippen LogP contribution is -2.38. The molecule has 0 unspecified atom stereocenters. The Bertz CT molecular complexity index is 775. The fourth-order valence-electron chi connectivity index (χ4n) is 3.48. The molecule has 0 amide bonds. The minimum atomic E-state index is 0. The smallest absolute Gasteiger partial charge is 0.191 e. The molecule has 5 nitrogen and oxygen atoms in total. The Morgan fingerprint density at radius 1 is 1.03 bits per heavy atom. The lowest BCUT2D eigenvalue weighted by Gasteiger charge is -2.27. The monoisotopic (exact) mass is 508 g/mol. The van der Waals surface area contributed by atoms with E-state index >= 15 is 0 Å². The molecule has 29 heavy (non-hydrogen) atoms. The van der Waals surface area contributed by atoms with E-state index in [0.29, 0.717) is 0 Å². The second-order valence-corrected chi connectivity index (χ2v) is 7.25. The van der Waals surface area contributed by atoms with Crippen molar-refractivity contribution in [2.45, 2.75) is 26.4 Å². The van der Waals surface area contributed by atoms with Crippen LogP contribution in [0.4, 0.5) is 0 Å². The molecule has 158 valence electrons. The molecule has 6 heteroatoms. The van der Waals surface area contributed by atoms with Crippen LogP contribution in [0.3, 0.4) is 0 Å². The summed E-state index contributed by atoms with van der Waals surface area (Å²) in [4.78, 5) is 6.82. The minimum Gasteiger partial charge on any atom is -0.379 e. The van der Waals surface area contributed by atoms with Gasteiger partial charge in [-0.25, -0.2) is 0 Å². The number of nitrogens with one attached hydrogen (secondary N) is 2. The summed E-state index contributed by atoms with van der Waals surface area (Å²) < 4.78 is 5.46. The zero-order valence-electron chi connectivity index (χ0n) is 17.5. The number of hydrogen-bond donors (Lipinski definition) is 2. The Hall–Kier alpha value is -1.64. The van der Waals surface area contributed by atoms with Crippen LogP contribution in [0.15, 0.2) is 53.5 Å². The van der Waals surface area contributed by atoms with Gasteiger partial charge in [0.1, 0.15) is 0 Å². The van der Waals surface area contributed by atoms with Crippen molar-refractivity contribution < 1.29 is 4.74 Å². The summed E-state index contributed by atoms with van der Waals surface area (Å²) in [6.45, 7) is 8.40. The third-order valence-corrected chi connectivity index (χ3v) is 5.07. The molecular weight excluding hydrogens is 475 g/mol. The van der Waals surface area contributed by atoms with E-state index in [4.69, 9.17) is 4.74 Å². The van der Waals surface area contributed by atoms with Gasteiger partial charge in [-0.3, -0.25) is 9.89 Å². The van der Waals surface area contributed by atoms with Crippen LogP contribution in [0.2, 0.25) is 0 Å². The van der Waals surface area contributed by atoms with Crippen molar-refractivity contribution in [3.63, 3.8) is 0 Å². The average molecular weight is 508 g/mol. The van der Waals surface area contributed by atoms with E-state index in [1.807, 2.05) is 7.05 Å². The summed E-state index contributed by atoms with van der Waals surface area (Å²) >= 11 is 0. The van der Waals surface area contributed by atoms with Gasteiger partial charge in [0.15, 0.2) is 5.96 Å². The Morgan fingerprint density at radius 2 is 1.79 bits per heavy atom. The van der Waals surface area contributed by atoms with Crippen molar-refractivity contribution in [3.05, 3.63) is 70.8 Å². The molecule has 1 aliphatic rings. The van der Waals surface area contributed by atoms with Crippen molar-refractivity contribution in [1.82, 2.24) is 15.5 Å². The summed E-state index contributed by atoms with van der Waals surface area (Å²) in [6.07, 6.45) is 0.982. The van der Waals surface area contributed by atoms with E-state index in [1.165, 1.54) is 22.3 Å². The molecule has 0 aromatic heterocycles. The summed E-state index contributed by atoms with van der Waals surface area (Å²) in [5.41, 5.74) is 5.33. The summed E-state index contributed by atoms with van der Waals surface area (Å²) in [5, 5.41) is 6.88. The number of halogens is 1. The van der Waals surface area contributed by atoms with E-state index in [-0.39, 0.29) is 24.0 Å². The number of morpholine rings is 1. The highest BCUT2D eigenvalue weighted by atomic mass is 127. The second-order valence-electron chi connectivity index (χ2n) is 7.25. The molecule has 0 spiro atoms. The number of ether oxygens (including phenoxy) is 1. The van der Waals surface area contributed by atoms with Gasteiger partial charge in [-0.2, -0.15) is 0 Å². The highest BCUT2D eigenvalue weighted by Crippen LogP contribution is 2.13. The molecule has 3 rings (SSSR count). The average Bonchev–Trinajstić information content (AvgIpc) is 2.72. The van der Waals surface area contributed by atoms with E-state index in [9.17, 15) is 0 Å². The molecule has 1 aliphatic heterocycles. The first kappa shape index (κ1) is 23.6. The maximum Gasteiger partial charge on any atom is 0.191 e. The maximum atomic E-state index is 5.46. The SMILES string of the molecule is CN=C(NCCc1cccc(C)c1)NCc1ccccc1CN1CCOCC1.I. The van der Waals surface area contributed by atoms with Crippen LogP contribution < -0.4 is 10.6 Å². The van der Waals surface area contributed by atoms with Gasteiger partial charge in [0.2, 0.25) is 0 Å². The molecule has 1 heterocycles. The van der Waals surface area contributed by atoms with Crippen LogP contribution in [0.1, 0.15) is 22.3 Å². The second kappa shape index (κ2) is 12.8. The Balaban J connectivity index is 0.00000300. The fourth-order valence-corrected chi connectivity index (χ4v) is 3.48. The van der Waals surface area contributed by atoms with E-state index < -0.39 is 0 Å². The minimum absolute atomic E-state index is 0. The van der Waals surface area contributed by atoms with Gasteiger partial charge < -0.3 is 15.4 Å². The summed E-state index contributed by atoms with van der Waals surface area (Å²) in [6, 6.07) is 17.3. The third-order valence-electron chi connectivity index (χ3n) is 5.07. The highest BCUT2D eigenvalue weighted by Gasteiger charge is 2.12.